The van der Waals surface area contributed by atoms with E-state index in [2.05, 4.69) is 5.32 Å². The number of amides is 2. The fourth-order valence-corrected chi connectivity index (χ4v) is 5.59. The Morgan fingerprint density at radius 2 is 1.82 bits per heavy atom. The number of phenolic OH excluding ortho intramolecular Hbond substituents is 1. The number of anilines is 2. The van der Waals surface area contributed by atoms with Gasteiger partial charge in [0.1, 0.15) is 17.1 Å². The normalized spacial score (nSPS) is 24.6. The largest absolute Gasteiger partial charge is 0.508 e. The summed E-state index contributed by atoms with van der Waals surface area (Å²) in [5, 5.41) is 47.1. The minimum Gasteiger partial charge on any atom is -0.508 e. The smallest absolute Gasteiger partial charge is 0.411 e. The number of phenols is 1. The highest BCUT2D eigenvalue weighted by Crippen LogP contribution is 2.54. The van der Waals surface area contributed by atoms with Gasteiger partial charge in [0.05, 0.1) is 17.9 Å². The van der Waals surface area contributed by atoms with E-state index in [-0.39, 0.29) is 41.7 Å². The van der Waals surface area contributed by atoms with Crippen LogP contribution in [-0.4, -0.2) is 70.3 Å². The highest BCUT2D eigenvalue weighted by Gasteiger charge is 2.60. The van der Waals surface area contributed by atoms with E-state index >= 15 is 0 Å². The molecule has 0 radical (unpaired) electrons. The monoisotopic (exact) mass is 543 g/mol. The van der Waals surface area contributed by atoms with Crippen molar-refractivity contribution >= 4 is 40.7 Å². The number of nitrogens with one attached hydrogen (secondary N) is 1. The number of aliphatic hydroxyl groups excluding tert-OH is 2. The quantitative estimate of drug-likeness (QED) is 0.241. The van der Waals surface area contributed by atoms with Crippen LogP contribution in [0.5, 0.6) is 5.75 Å². The number of hydrogen-bond donors (Lipinski definition) is 6. The fraction of sp³-hybridized carbons (Fsp3) is 0.481. The molecule has 2 amide bonds. The van der Waals surface area contributed by atoms with Crippen LogP contribution in [-0.2, 0) is 25.5 Å². The molecule has 3 atom stereocenters. The van der Waals surface area contributed by atoms with Gasteiger partial charge in [0.25, 0.3) is 5.91 Å². The molecule has 1 fully saturated rings. The molecule has 3 aliphatic rings. The van der Waals surface area contributed by atoms with Crippen LogP contribution in [0.2, 0.25) is 0 Å². The van der Waals surface area contributed by atoms with Crippen molar-refractivity contribution < 1.29 is 44.3 Å². The van der Waals surface area contributed by atoms with Crippen LogP contribution in [0.3, 0.4) is 0 Å². The number of carbonyl (C=O) groups is 4. The van der Waals surface area contributed by atoms with Crippen molar-refractivity contribution in [1.29, 1.82) is 0 Å². The Hall–Kier alpha value is -4.06. The highest BCUT2D eigenvalue weighted by atomic mass is 16.5. The second kappa shape index (κ2) is 9.30. The first-order valence-electron chi connectivity index (χ1n) is 12.5. The first kappa shape index (κ1) is 28.0. The van der Waals surface area contributed by atoms with Gasteiger partial charge in [0, 0.05) is 37.7 Å². The predicted molar refractivity (Wildman–Crippen MR) is 140 cm³/mol. The number of benzene rings is 1. The second-order valence-corrected chi connectivity index (χ2v) is 11.7. The van der Waals surface area contributed by atoms with Crippen LogP contribution in [0.1, 0.15) is 44.7 Å². The van der Waals surface area contributed by atoms with Gasteiger partial charge in [-0.15, -0.1) is 0 Å². The Bertz CT molecular complexity index is 1370. The summed E-state index contributed by atoms with van der Waals surface area (Å²) in [7, 11) is 3.45. The van der Waals surface area contributed by atoms with Crippen LogP contribution < -0.4 is 16.0 Å². The molecule has 0 bridgehead atoms. The molecule has 12 nitrogen and oxygen atoms in total. The Morgan fingerprint density at radius 3 is 2.38 bits per heavy atom. The molecule has 3 aliphatic carbocycles. The number of carbonyl (C=O) groups excluding carboxylic acids is 4. The van der Waals surface area contributed by atoms with E-state index in [1.165, 1.54) is 6.07 Å². The summed E-state index contributed by atoms with van der Waals surface area (Å²) in [6.07, 6.45) is -1.06. The van der Waals surface area contributed by atoms with Crippen molar-refractivity contribution in [2.45, 2.75) is 45.6 Å². The molecular weight excluding hydrogens is 510 g/mol. The van der Waals surface area contributed by atoms with Crippen molar-refractivity contribution in [2.24, 2.45) is 23.0 Å². The Labute approximate surface area is 224 Å². The number of hydrogen-bond acceptors (Lipinski definition) is 10. The molecular formula is C27H33N3O9. The Morgan fingerprint density at radius 1 is 1.18 bits per heavy atom. The molecule has 210 valence electrons. The lowest BCUT2D eigenvalue weighted by molar-refractivity contribution is -0.147. The number of ketones is 2. The minimum atomic E-state index is -2.65. The molecule has 0 spiro atoms. The SMILES string of the molecule is CN(C)c1cc(NC(=O)OCC(C)(C)C)c(O)c2c1C[C@H]1C[C@H]3CC(=O)C(C(N)=O)=C(O)[C@@]3(O)C(=O)C1=C2O. The van der Waals surface area contributed by atoms with Crippen molar-refractivity contribution in [3.8, 4) is 5.75 Å². The number of nitrogens with two attached hydrogens (primary N) is 1. The minimum absolute atomic E-state index is 0.0235. The van der Waals surface area contributed by atoms with Gasteiger partial charge in [-0.1, -0.05) is 20.8 Å². The maximum Gasteiger partial charge on any atom is 0.411 e. The van der Waals surface area contributed by atoms with Crippen LogP contribution >= 0.6 is 0 Å². The molecule has 7 N–H and O–H groups in total. The zero-order chi connectivity index (χ0) is 29.2. The van der Waals surface area contributed by atoms with Crippen LogP contribution in [0.25, 0.3) is 5.76 Å². The van der Waals surface area contributed by atoms with E-state index in [9.17, 15) is 39.6 Å². The number of nitrogens with zero attached hydrogens (tertiary/aromatic N) is 1. The number of aromatic hydroxyl groups is 1. The first-order valence-corrected chi connectivity index (χ1v) is 12.5. The third kappa shape index (κ3) is 4.48. The summed E-state index contributed by atoms with van der Waals surface area (Å²) < 4.78 is 5.23. The van der Waals surface area contributed by atoms with Gasteiger partial charge in [-0.25, -0.2) is 4.79 Å². The molecule has 0 aliphatic heterocycles. The molecule has 39 heavy (non-hydrogen) atoms. The summed E-state index contributed by atoms with van der Waals surface area (Å²) in [5.74, 6) is -7.19. The number of rotatable bonds is 4. The molecule has 12 heteroatoms. The number of fused-ring (bicyclic) bond motifs is 3. The molecule has 1 aromatic rings. The summed E-state index contributed by atoms with van der Waals surface area (Å²) >= 11 is 0. The van der Waals surface area contributed by atoms with Crippen molar-refractivity contribution in [3.63, 3.8) is 0 Å². The van der Waals surface area contributed by atoms with Crippen molar-refractivity contribution in [2.75, 3.05) is 30.9 Å². The standard InChI is InChI=1S/C27H33N3O9/c1-26(2,3)10-39-25(37)29-14-9-15(30(4)5)13-7-11-6-12-8-16(31)19(24(28)36)23(35)27(12,38)22(34)17(11)21(33)18(13)20(14)32/h9,11-12,32-33,35,38H,6-8,10H2,1-5H3,(H2,28,36)(H,29,37)/t11-,12+,27+/m1/s1. The van der Waals surface area contributed by atoms with E-state index in [1.54, 1.807) is 19.0 Å². The second-order valence-electron chi connectivity index (χ2n) is 11.7. The lowest BCUT2D eigenvalue weighted by Gasteiger charge is -2.46. The zero-order valence-corrected chi connectivity index (χ0v) is 22.4. The maximum atomic E-state index is 13.7. The van der Waals surface area contributed by atoms with Crippen LogP contribution in [0, 0.1) is 17.3 Å². The fourth-order valence-electron chi connectivity index (χ4n) is 5.59. The molecule has 0 unspecified atom stereocenters. The van der Waals surface area contributed by atoms with Gasteiger partial charge in [-0.3, -0.25) is 19.7 Å². The zero-order valence-electron chi connectivity index (χ0n) is 22.4. The Balaban J connectivity index is 1.84. The van der Waals surface area contributed by atoms with Gasteiger partial charge < -0.3 is 35.8 Å². The summed E-state index contributed by atoms with van der Waals surface area (Å²) in [4.78, 5) is 52.1. The summed E-state index contributed by atoms with van der Waals surface area (Å²) in [6, 6.07) is 1.52. The van der Waals surface area contributed by atoms with E-state index in [0.29, 0.717) is 11.3 Å². The molecule has 0 heterocycles. The van der Waals surface area contributed by atoms with E-state index in [1.807, 2.05) is 20.8 Å². The number of Topliss-reactive ketones (excluding diaryl/α,β-unsaturated/α-hetero) is 2. The molecule has 0 aromatic heterocycles. The number of ether oxygens (including phenoxy) is 1. The molecule has 1 aromatic carbocycles. The van der Waals surface area contributed by atoms with Crippen molar-refractivity contribution in [1.82, 2.24) is 0 Å². The lowest BCUT2D eigenvalue weighted by Crippen LogP contribution is -2.58. The van der Waals surface area contributed by atoms with Crippen LogP contribution in [0.15, 0.2) is 23.0 Å². The number of aliphatic hydroxyl groups is 3. The average molecular weight is 544 g/mol. The van der Waals surface area contributed by atoms with Gasteiger partial charge >= 0.3 is 6.09 Å². The lowest BCUT2D eigenvalue weighted by atomic mass is 9.59. The van der Waals surface area contributed by atoms with E-state index in [0.717, 1.165) is 0 Å². The number of primary amides is 1. The topological polar surface area (TPSA) is 200 Å². The average Bonchev–Trinajstić information content (AvgIpc) is 2.80. The van der Waals surface area contributed by atoms with Crippen LogP contribution in [0.4, 0.5) is 16.2 Å². The third-order valence-corrected chi connectivity index (χ3v) is 7.39. The molecule has 4 rings (SSSR count). The highest BCUT2D eigenvalue weighted by molar-refractivity contribution is 6.22. The maximum absolute atomic E-state index is 13.7. The molecule has 1 saturated carbocycles. The first-order chi connectivity index (χ1) is 18.0. The Kier molecular flexibility index (Phi) is 6.66. The van der Waals surface area contributed by atoms with E-state index in [4.69, 9.17) is 10.5 Å². The third-order valence-electron chi connectivity index (χ3n) is 7.39. The summed E-state index contributed by atoms with van der Waals surface area (Å²) in [5.41, 5.74) is 1.95. The van der Waals surface area contributed by atoms with Gasteiger partial charge in [-0.05, 0) is 35.8 Å². The summed E-state index contributed by atoms with van der Waals surface area (Å²) in [6.45, 7) is 5.73. The van der Waals surface area contributed by atoms with Gasteiger partial charge in [0.2, 0.25) is 5.78 Å². The van der Waals surface area contributed by atoms with Crippen molar-refractivity contribution in [3.05, 3.63) is 34.1 Å². The van der Waals surface area contributed by atoms with E-state index < -0.39 is 70.3 Å². The van der Waals surface area contributed by atoms with Gasteiger partial charge in [0.15, 0.2) is 17.1 Å². The molecule has 0 saturated heterocycles. The predicted octanol–water partition coefficient (Wildman–Crippen LogP) is 2.08. The van der Waals surface area contributed by atoms with Gasteiger partial charge in [-0.2, -0.15) is 0 Å².